The number of fused-ring (bicyclic) bond motifs is 2. The Bertz CT molecular complexity index is 3640. The van der Waals surface area contributed by atoms with Crippen LogP contribution in [0.4, 0.5) is 0 Å². The van der Waals surface area contributed by atoms with Crippen molar-refractivity contribution in [3.8, 4) is 11.5 Å². The number of carbonyl (C=O) groups excluding carboxylic acids is 2. The number of aromatic nitrogens is 2. The maximum absolute atomic E-state index is 11.5. The fourth-order valence-electron chi connectivity index (χ4n) is 8.27. The monoisotopic (exact) mass is 1150 g/mol. The zero-order valence-corrected chi connectivity index (χ0v) is 50.0. The maximum Gasteiger partial charge on any atom is 1.00 e. The summed E-state index contributed by atoms with van der Waals surface area (Å²) in [7, 11) is 0. The van der Waals surface area contributed by atoms with Crippen LogP contribution >= 0.6 is 46.7 Å². The molecule has 0 fully saturated rings. The molecular weight excluding hydrogens is 1110 g/mol. The summed E-state index contributed by atoms with van der Waals surface area (Å²) >= 11 is 15.1. The average Bonchev–Trinajstić information content (AvgIpc) is 3.46. The van der Waals surface area contributed by atoms with Gasteiger partial charge >= 0.3 is 71.1 Å². The number of carboxylic acid groups (broad SMARTS) is 4. The van der Waals surface area contributed by atoms with E-state index in [4.69, 9.17) is 32.7 Å². The predicted octanol–water partition coefficient (Wildman–Crippen LogP) is 6.83. The third-order valence-corrected chi connectivity index (χ3v) is 15.1. The minimum Gasteiger partial charge on any atom is -0.545 e. The fraction of sp³-hybridized carbons (Fsp3) is 0.0645. The Balaban J connectivity index is 0.000000225. The van der Waals surface area contributed by atoms with Crippen LogP contribution in [0.5, 0.6) is 11.5 Å². The van der Waals surface area contributed by atoms with Crippen LogP contribution in [0, 0.1) is 0 Å². The zero-order chi connectivity index (χ0) is 54.7. The number of benzene rings is 8. The Kier molecular flexibility index (Phi) is 21.8. The van der Waals surface area contributed by atoms with Crippen LogP contribution in [-0.4, -0.2) is 44.1 Å². The van der Waals surface area contributed by atoms with Crippen molar-refractivity contribution in [1.82, 2.24) is 9.97 Å². The molecule has 388 valence electrons. The first-order chi connectivity index (χ1) is 37.7. The van der Waals surface area contributed by atoms with Gasteiger partial charge in [-0.3, -0.25) is 0 Å². The van der Waals surface area contributed by atoms with E-state index in [1.807, 2.05) is 133 Å². The van der Waals surface area contributed by atoms with E-state index in [0.29, 0.717) is 21.5 Å². The Hall–Kier alpha value is -6.66. The Labute approximate surface area is 522 Å². The summed E-state index contributed by atoms with van der Waals surface area (Å²) < 4.78 is 12.1. The van der Waals surface area contributed by atoms with Crippen LogP contribution < -0.4 is 78.8 Å². The Morgan fingerprint density at radius 3 is 1.18 bits per heavy atom. The van der Waals surface area contributed by atoms with E-state index >= 15 is 0 Å². The van der Waals surface area contributed by atoms with E-state index in [0.717, 1.165) is 65.2 Å². The van der Waals surface area contributed by atoms with E-state index in [9.17, 15) is 39.6 Å². The molecule has 2 unspecified atom stereocenters. The van der Waals surface area contributed by atoms with Crippen LogP contribution in [0.1, 0.15) is 85.6 Å². The van der Waals surface area contributed by atoms with Gasteiger partial charge in [-0.1, -0.05) is 120 Å². The zero-order valence-electron chi connectivity index (χ0n) is 42.8. The second-order valence-corrected chi connectivity index (χ2v) is 20.7. The van der Waals surface area contributed by atoms with Crippen LogP contribution in [0.3, 0.4) is 0 Å². The summed E-state index contributed by atoms with van der Waals surface area (Å²) in [4.78, 5) is 56.8. The molecule has 0 saturated heterocycles. The van der Waals surface area contributed by atoms with Crippen molar-refractivity contribution in [3.05, 3.63) is 272 Å². The van der Waals surface area contributed by atoms with Gasteiger partial charge in [-0.2, -0.15) is 0 Å². The summed E-state index contributed by atoms with van der Waals surface area (Å²) in [6.07, 6.45) is 0. The van der Waals surface area contributed by atoms with Crippen LogP contribution in [0.25, 0.3) is 21.8 Å². The number of hydrogen-bond donors (Lipinski definition) is 2. The molecule has 0 aliphatic carbocycles. The molecule has 0 radical (unpaired) electrons. The number of carbonyl (C=O) groups is 4. The summed E-state index contributed by atoms with van der Waals surface area (Å²) in [6.45, 7) is 0.481. The Morgan fingerprint density at radius 2 is 0.787 bits per heavy atom. The summed E-state index contributed by atoms with van der Waals surface area (Å²) in [6, 6.07) is 60.3. The van der Waals surface area contributed by atoms with E-state index in [1.54, 1.807) is 48.5 Å². The van der Waals surface area contributed by atoms with Gasteiger partial charge in [0.15, 0.2) is 0 Å². The van der Waals surface area contributed by atoms with Gasteiger partial charge in [0.05, 0.1) is 56.0 Å². The van der Waals surface area contributed by atoms with Crippen molar-refractivity contribution >= 4 is 92.4 Å². The number of carboxylic acids is 4. The molecule has 0 bridgehead atoms. The van der Waals surface area contributed by atoms with Gasteiger partial charge in [-0.05, 0) is 143 Å². The SMILES string of the molecule is O=C([O-])c1cccc(C(Sc2cccc(C(=O)O)c2)c2cccc(OCc3ccc4ccc(Cl)cc4n3)c2)c1.O=C([O-])c1cccc(C(Sc2cccc(C(=O)O)c2)c2cccc(OCc3ccc4ccc(Cl)cc4n3)c2)c1.[Na+].[Na+]. The van der Waals surface area contributed by atoms with Gasteiger partial charge in [0.25, 0.3) is 0 Å². The molecule has 0 amide bonds. The normalized spacial score (nSPS) is 11.4. The Morgan fingerprint density at radius 1 is 0.438 bits per heavy atom. The molecule has 2 N–H and O–H groups in total. The molecule has 0 aliphatic rings. The molecule has 2 heterocycles. The molecule has 0 spiro atoms. The largest absolute Gasteiger partial charge is 1.00 e. The predicted molar refractivity (Wildman–Crippen MR) is 299 cm³/mol. The number of ether oxygens (including phenoxy) is 2. The van der Waals surface area contributed by atoms with Crippen molar-refractivity contribution in [2.24, 2.45) is 0 Å². The maximum atomic E-state index is 11.5. The topological polar surface area (TPSA) is 199 Å². The first-order valence-corrected chi connectivity index (χ1v) is 26.4. The van der Waals surface area contributed by atoms with Crippen molar-refractivity contribution < 1.29 is 108 Å². The number of pyridine rings is 2. The van der Waals surface area contributed by atoms with Crippen molar-refractivity contribution in [1.29, 1.82) is 0 Å². The second kappa shape index (κ2) is 28.7. The summed E-state index contributed by atoms with van der Waals surface area (Å²) in [5.41, 5.74) is 6.68. The number of halogens is 2. The van der Waals surface area contributed by atoms with Gasteiger partial charge in [0.1, 0.15) is 24.7 Å². The van der Waals surface area contributed by atoms with E-state index in [2.05, 4.69) is 9.97 Å². The minimum absolute atomic E-state index is 0. The van der Waals surface area contributed by atoms with Gasteiger partial charge < -0.3 is 39.5 Å². The molecule has 18 heteroatoms. The number of rotatable bonds is 18. The van der Waals surface area contributed by atoms with E-state index in [1.165, 1.54) is 47.8 Å². The smallest absolute Gasteiger partial charge is 0.545 e. The first-order valence-electron chi connectivity index (χ1n) is 23.9. The standard InChI is InChI=1S/2C31H22ClNO5S.2Na/c2*32-24-12-10-19-11-13-25(33-28(19)17-24)18-38-26-8-2-5-21(15-26)29(20-4-1-6-22(14-20)30(34)35)39-27-9-3-7-23(16-27)31(36)37;;/h2*1-17,29H,18H2,(H,34,35)(H,36,37);;/q;;2*+1/p-2. The molecule has 0 aliphatic heterocycles. The molecule has 2 aromatic heterocycles. The average molecular weight is 1160 g/mol. The van der Waals surface area contributed by atoms with Crippen LogP contribution in [0.2, 0.25) is 10.0 Å². The molecule has 8 aromatic carbocycles. The molecular formula is C62H42Cl2N2Na2O10S2. The number of nitrogens with zero attached hydrogens (tertiary/aromatic N) is 2. The van der Waals surface area contributed by atoms with Crippen molar-refractivity contribution in [2.75, 3.05) is 0 Å². The van der Waals surface area contributed by atoms with Gasteiger partial charge in [0, 0.05) is 30.6 Å². The van der Waals surface area contributed by atoms with E-state index in [-0.39, 0.29) is 105 Å². The van der Waals surface area contributed by atoms with Gasteiger partial charge in [-0.25, -0.2) is 19.6 Å². The number of thioether (sulfide) groups is 2. The van der Waals surface area contributed by atoms with Gasteiger partial charge in [-0.15, -0.1) is 23.5 Å². The fourth-order valence-corrected chi connectivity index (χ4v) is 11.0. The summed E-state index contributed by atoms with van der Waals surface area (Å²) in [5.74, 6) is -3.35. The molecule has 10 aromatic rings. The molecule has 12 nitrogen and oxygen atoms in total. The quantitative estimate of drug-likeness (QED) is 0.0670. The van der Waals surface area contributed by atoms with Crippen molar-refractivity contribution in [3.63, 3.8) is 0 Å². The molecule has 80 heavy (non-hydrogen) atoms. The third-order valence-electron chi connectivity index (χ3n) is 12.0. The van der Waals surface area contributed by atoms with Crippen LogP contribution in [0.15, 0.2) is 216 Å². The summed E-state index contributed by atoms with van der Waals surface area (Å²) in [5, 5.41) is 44.4. The van der Waals surface area contributed by atoms with Crippen LogP contribution in [-0.2, 0) is 13.2 Å². The first kappa shape index (κ1) is 61.0. The number of hydrogen-bond acceptors (Lipinski definition) is 12. The van der Waals surface area contributed by atoms with Crippen molar-refractivity contribution in [2.45, 2.75) is 33.5 Å². The second-order valence-electron chi connectivity index (χ2n) is 17.5. The molecule has 10 rings (SSSR count). The number of aromatic carboxylic acids is 4. The van der Waals surface area contributed by atoms with Gasteiger partial charge in [0.2, 0.25) is 0 Å². The van der Waals surface area contributed by atoms with E-state index < -0.39 is 23.9 Å². The third kappa shape index (κ3) is 16.3. The molecule has 0 saturated carbocycles. The minimum atomic E-state index is -1.27. The molecule has 2 atom stereocenters.